The number of hydrogen-bond acceptors (Lipinski definition) is 1. The van der Waals surface area contributed by atoms with Gasteiger partial charge < -0.3 is 0 Å². The Labute approximate surface area is 187 Å². The molecule has 1 unspecified atom stereocenters. The standard InChI is InChI=1S/C30H37N/c1-19-7-12-29-20(2)8-11-27(17-23(19)29)25(29,3)15-21-5-6-22-16-26-9-4-10-28(26)18-31(28)30(27,14-13-26)24(21)22/h5,13-14,20H,4,6-12,15-18H2,1-3H3/t20-,25+,26-,27-,28-,29-,30+,31?/m1/s1. The van der Waals surface area contributed by atoms with E-state index in [1.807, 2.05) is 16.7 Å². The molecule has 1 nitrogen and oxygen atoms in total. The molecule has 1 heteroatoms. The number of rotatable bonds is 0. The van der Waals surface area contributed by atoms with Crippen molar-refractivity contribution < 1.29 is 0 Å². The monoisotopic (exact) mass is 411 g/mol. The van der Waals surface area contributed by atoms with E-state index in [0.717, 1.165) is 5.92 Å². The van der Waals surface area contributed by atoms with Crippen molar-refractivity contribution in [2.75, 3.05) is 6.54 Å². The van der Waals surface area contributed by atoms with Crippen molar-refractivity contribution >= 4 is 0 Å². The van der Waals surface area contributed by atoms with Gasteiger partial charge in [-0.05, 0) is 93.6 Å². The number of hydrogen-bond donors (Lipinski definition) is 0. The smallest absolute Gasteiger partial charge is 0.0719 e. The van der Waals surface area contributed by atoms with Crippen LogP contribution in [0.5, 0.6) is 0 Å². The molecule has 0 aromatic heterocycles. The molecule has 31 heavy (non-hydrogen) atoms. The summed E-state index contributed by atoms with van der Waals surface area (Å²) in [5.74, 6) is 0.857. The van der Waals surface area contributed by atoms with Gasteiger partial charge in [0.2, 0.25) is 0 Å². The minimum atomic E-state index is 0.215. The summed E-state index contributed by atoms with van der Waals surface area (Å²) in [6.45, 7) is 9.35. The zero-order valence-corrected chi connectivity index (χ0v) is 19.7. The second-order valence-electron chi connectivity index (χ2n) is 13.8. The van der Waals surface area contributed by atoms with Crippen molar-refractivity contribution in [1.82, 2.24) is 4.90 Å². The average molecular weight is 412 g/mol. The maximum atomic E-state index is 3.16. The topological polar surface area (TPSA) is 3.01 Å². The van der Waals surface area contributed by atoms with E-state index in [-0.39, 0.29) is 5.54 Å². The second-order valence-corrected chi connectivity index (χ2v) is 13.8. The summed E-state index contributed by atoms with van der Waals surface area (Å²) in [6, 6.07) is 0. The van der Waals surface area contributed by atoms with Crippen LogP contribution in [-0.2, 0) is 0 Å². The first-order valence-corrected chi connectivity index (χ1v) is 13.5. The van der Waals surface area contributed by atoms with Crippen molar-refractivity contribution in [3.63, 3.8) is 0 Å². The highest BCUT2D eigenvalue weighted by Crippen LogP contribution is 2.88. The van der Waals surface area contributed by atoms with Crippen molar-refractivity contribution in [1.29, 1.82) is 0 Å². The molecular weight excluding hydrogens is 374 g/mol. The number of allylic oxidation sites excluding steroid dienone is 4. The molecule has 1 saturated heterocycles. The normalized spacial score (nSPS) is 61.1. The van der Waals surface area contributed by atoms with Gasteiger partial charge in [-0.1, -0.05) is 55.2 Å². The molecule has 4 bridgehead atoms. The fourth-order valence-corrected chi connectivity index (χ4v) is 12.7. The third-order valence-corrected chi connectivity index (χ3v) is 13.8. The summed E-state index contributed by atoms with van der Waals surface area (Å²) in [5, 5.41) is 0. The molecule has 3 heterocycles. The van der Waals surface area contributed by atoms with Gasteiger partial charge >= 0.3 is 0 Å². The Hall–Kier alpha value is -1.08. The van der Waals surface area contributed by atoms with Crippen LogP contribution in [0, 0.1) is 27.6 Å². The van der Waals surface area contributed by atoms with Crippen LogP contribution in [0.25, 0.3) is 0 Å². The van der Waals surface area contributed by atoms with Crippen LogP contribution >= 0.6 is 0 Å². The maximum absolute atomic E-state index is 3.16. The van der Waals surface area contributed by atoms with E-state index in [4.69, 9.17) is 0 Å². The van der Waals surface area contributed by atoms with Gasteiger partial charge in [0.1, 0.15) is 0 Å². The van der Waals surface area contributed by atoms with Crippen LogP contribution in [0.1, 0.15) is 91.4 Å². The third-order valence-electron chi connectivity index (χ3n) is 13.8. The molecule has 0 aromatic carbocycles. The Morgan fingerprint density at radius 2 is 1.94 bits per heavy atom. The zero-order valence-electron chi connectivity index (χ0n) is 19.7. The molecule has 0 radical (unpaired) electrons. The highest BCUT2D eigenvalue weighted by molar-refractivity contribution is 5.66. The van der Waals surface area contributed by atoms with Crippen LogP contribution in [0.3, 0.4) is 0 Å². The van der Waals surface area contributed by atoms with Crippen LogP contribution in [0.2, 0.25) is 0 Å². The summed E-state index contributed by atoms with van der Waals surface area (Å²) >= 11 is 0. The van der Waals surface area contributed by atoms with Gasteiger partial charge in [-0.15, -0.1) is 0 Å². The Balaban J connectivity index is 1.42. The molecule has 0 N–H and O–H groups in total. The molecule has 8 atom stereocenters. The van der Waals surface area contributed by atoms with E-state index < -0.39 is 0 Å². The fraction of sp³-hybridized carbons (Fsp3) is 0.733. The van der Waals surface area contributed by atoms with Gasteiger partial charge in [0.15, 0.2) is 0 Å². The Kier molecular flexibility index (Phi) is 2.52. The first-order chi connectivity index (χ1) is 14.9. The molecule has 10 rings (SSSR count). The van der Waals surface area contributed by atoms with Crippen molar-refractivity contribution in [2.24, 2.45) is 27.6 Å². The summed E-state index contributed by atoms with van der Waals surface area (Å²) in [6.07, 6.45) is 24.0. The van der Waals surface area contributed by atoms with Crippen LogP contribution in [0.15, 0.2) is 46.1 Å². The largest absolute Gasteiger partial charge is 0.280 e. The lowest BCUT2D eigenvalue weighted by molar-refractivity contribution is -0.142. The highest BCUT2D eigenvalue weighted by atomic mass is 15.4. The molecule has 10 aliphatic rings. The molecule has 3 aliphatic heterocycles. The van der Waals surface area contributed by atoms with Crippen molar-refractivity contribution in [2.45, 2.75) is 102 Å². The van der Waals surface area contributed by atoms with Gasteiger partial charge in [0, 0.05) is 28.3 Å². The SMILES string of the molecule is CC1=C2C[C@]34CC[C@@H](C)[C@@]2(CC1)[C@@]3(C)CC1=CCC2=C1[C@@]41C=C[C@]3(CCC[C@@]34CN41)C2. The zero-order chi connectivity index (χ0) is 20.6. The third kappa shape index (κ3) is 1.30. The molecule has 0 amide bonds. The van der Waals surface area contributed by atoms with Crippen LogP contribution in [0.4, 0.5) is 0 Å². The van der Waals surface area contributed by atoms with Crippen molar-refractivity contribution in [3.05, 3.63) is 46.1 Å². The molecule has 4 saturated carbocycles. The molecule has 5 fully saturated rings. The lowest BCUT2D eigenvalue weighted by Gasteiger charge is -2.69. The highest BCUT2D eigenvalue weighted by Gasteiger charge is 2.86. The minimum Gasteiger partial charge on any atom is -0.280 e. The Bertz CT molecular complexity index is 1130. The Morgan fingerprint density at radius 1 is 1.03 bits per heavy atom. The van der Waals surface area contributed by atoms with E-state index in [2.05, 4.69) is 43.9 Å². The van der Waals surface area contributed by atoms with Crippen LogP contribution in [-0.4, -0.2) is 22.5 Å². The summed E-state index contributed by atoms with van der Waals surface area (Å²) < 4.78 is 0. The fourth-order valence-electron chi connectivity index (χ4n) is 12.7. The van der Waals surface area contributed by atoms with Crippen molar-refractivity contribution in [3.8, 4) is 0 Å². The number of nitrogens with zero attached hydrogens (tertiary/aromatic N) is 1. The van der Waals surface area contributed by atoms with Gasteiger partial charge in [-0.3, -0.25) is 4.90 Å². The first kappa shape index (κ1) is 17.4. The molecule has 7 aliphatic carbocycles. The maximum Gasteiger partial charge on any atom is 0.0719 e. The van der Waals surface area contributed by atoms with E-state index in [9.17, 15) is 0 Å². The van der Waals surface area contributed by atoms with Crippen LogP contribution < -0.4 is 0 Å². The Morgan fingerprint density at radius 3 is 2.84 bits per heavy atom. The molecule has 162 valence electrons. The molecule has 4 spiro atoms. The minimum absolute atomic E-state index is 0.215. The lowest BCUT2D eigenvalue weighted by Crippen LogP contribution is -2.68. The second kappa shape index (κ2) is 4.48. The van der Waals surface area contributed by atoms with E-state index in [0.29, 0.717) is 27.2 Å². The molecule has 0 aromatic rings. The summed E-state index contributed by atoms with van der Waals surface area (Å²) in [4.78, 5) is 3.16. The van der Waals surface area contributed by atoms with Gasteiger partial charge in [0.05, 0.1) is 5.54 Å². The van der Waals surface area contributed by atoms with Gasteiger partial charge in [-0.25, -0.2) is 0 Å². The summed E-state index contributed by atoms with van der Waals surface area (Å²) in [5.41, 5.74) is 11.8. The van der Waals surface area contributed by atoms with E-state index in [1.165, 1.54) is 77.2 Å². The van der Waals surface area contributed by atoms with E-state index >= 15 is 0 Å². The quantitative estimate of drug-likeness (QED) is 0.310. The predicted octanol–water partition coefficient (Wildman–Crippen LogP) is 6.88. The predicted molar refractivity (Wildman–Crippen MR) is 124 cm³/mol. The van der Waals surface area contributed by atoms with Gasteiger partial charge in [0.25, 0.3) is 0 Å². The molecular formula is C30H37N. The average Bonchev–Trinajstić information content (AvgIpc) is 3.08. The first-order valence-electron chi connectivity index (χ1n) is 13.5. The van der Waals surface area contributed by atoms with E-state index in [1.54, 1.807) is 11.1 Å². The summed E-state index contributed by atoms with van der Waals surface area (Å²) in [7, 11) is 0. The lowest BCUT2D eigenvalue weighted by atomic mass is 9.37. The van der Waals surface area contributed by atoms with Gasteiger partial charge in [-0.2, -0.15) is 0 Å².